The van der Waals surface area contributed by atoms with Crippen LogP contribution < -0.4 is 0 Å². The molecular weight excluding hydrogens is 275 g/mol. The fourth-order valence-corrected chi connectivity index (χ4v) is 2.90. The monoisotopic (exact) mass is 294 g/mol. The summed E-state index contributed by atoms with van der Waals surface area (Å²) in [6.45, 7) is 5.52. The average Bonchev–Trinajstić information content (AvgIpc) is 2.92. The van der Waals surface area contributed by atoms with E-state index in [-0.39, 0.29) is 16.9 Å². The Bertz CT molecular complexity index is 570. The second kappa shape index (κ2) is 5.79. The first kappa shape index (κ1) is 15.4. The van der Waals surface area contributed by atoms with E-state index in [0.29, 0.717) is 13.1 Å². The van der Waals surface area contributed by atoms with Gasteiger partial charge in [-0.1, -0.05) is 13.8 Å². The van der Waals surface area contributed by atoms with Crippen LogP contribution in [-0.2, 0) is 0 Å². The molecule has 0 bridgehead atoms. The zero-order valence-corrected chi connectivity index (χ0v) is 12.3. The SMILES string of the molecule is CCC1(CC)CCN(C(=O)c2ccc(F)c([N+](=O)[O-])c2)C1. The van der Waals surface area contributed by atoms with Crippen LogP contribution in [0.1, 0.15) is 43.5 Å². The van der Waals surface area contributed by atoms with Crippen LogP contribution in [0.15, 0.2) is 18.2 Å². The lowest BCUT2D eigenvalue weighted by molar-refractivity contribution is -0.387. The lowest BCUT2D eigenvalue weighted by Gasteiger charge is -2.26. The molecule has 0 spiro atoms. The van der Waals surface area contributed by atoms with E-state index < -0.39 is 16.4 Å². The van der Waals surface area contributed by atoms with Gasteiger partial charge in [0.05, 0.1) is 4.92 Å². The maximum absolute atomic E-state index is 13.3. The van der Waals surface area contributed by atoms with Crippen molar-refractivity contribution in [2.45, 2.75) is 33.1 Å². The van der Waals surface area contributed by atoms with Crippen molar-refractivity contribution in [2.24, 2.45) is 5.41 Å². The van der Waals surface area contributed by atoms with Crippen molar-refractivity contribution in [2.75, 3.05) is 13.1 Å². The Morgan fingerprint density at radius 1 is 1.43 bits per heavy atom. The Hall–Kier alpha value is -1.98. The first-order valence-electron chi connectivity index (χ1n) is 7.15. The third-order valence-electron chi connectivity index (χ3n) is 4.62. The summed E-state index contributed by atoms with van der Waals surface area (Å²) < 4.78 is 13.3. The van der Waals surface area contributed by atoms with Gasteiger partial charge in [0.25, 0.3) is 5.91 Å². The molecule has 1 heterocycles. The number of rotatable bonds is 4. The van der Waals surface area contributed by atoms with Gasteiger partial charge in [-0.15, -0.1) is 0 Å². The predicted octanol–water partition coefficient (Wildman–Crippen LogP) is 3.39. The number of nitro benzene ring substituents is 1. The summed E-state index contributed by atoms with van der Waals surface area (Å²) >= 11 is 0. The van der Waals surface area contributed by atoms with E-state index in [1.165, 1.54) is 6.07 Å². The Kier molecular flexibility index (Phi) is 4.25. The van der Waals surface area contributed by atoms with Crippen LogP contribution in [0.4, 0.5) is 10.1 Å². The molecule has 1 aromatic rings. The first-order valence-corrected chi connectivity index (χ1v) is 7.15. The highest BCUT2D eigenvalue weighted by Gasteiger charge is 2.37. The predicted molar refractivity (Wildman–Crippen MR) is 76.6 cm³/mol. The number of amides is 1. The van der Waals surface area contributed by atoms with Gasteiger partial charge in [0, 0.05) is 24.7 Å². The zero-order chi connectivity index (χ0) is 15.6. The van der Waals surface area contributed by atoms with Gasteiger partial charge >= 0.3 is 5.69 Å². The van der Waals surface area contributed by atoms with E-state index in [4.69, 9.17) is 0 Å². The minimum atomic E-state index is -0.922. The molecule has 1 fully saturated rings. The van der Waals surface area contributed by atoms with Crippen LogP contribution in [0.3, 0.4) is 0 Å². The standard InChI is InChI=1S/C15H19FN2O3/c1-3-15(4-2)7-8-17(10-15)14(19)11-5-6-12(16)13(9-11)18(20)21/h5-6,9H,3-4,7-8,10H2,1-2H3. The Morgan fingerprint density at radius 2 is 2.10 bits per heavy atom. The summed E-state index contributed by atoms with van der Waals surface area (Å²) in [5.41, 5.74) is -0.342. The molecule has 0 radical (unpaired) electrons. The third-order valence-corrected chi connectivity index (χ3v) is 4.62. The number of likely N-dealkylation sites (tertiary alicyclic amines) is 1. The lowest BCUT2D eigenvalue weighted by atomic mass is 9.82. The Balaban J connectivity index is 2.22. The first-order chi connectivity index (χ1) is 9.92. The summed E-state index contributed by atoms with van der Waals surface area (Å²) in [7, 11) is 0. The number of nitro groups is 1. The normalized spacial score (nSPS) is 17.0. The molecule has 1 aliphatic rings. The molecule has 1 aliphatic heterocycles. The molecule has 114 valence electrons. The van der Waals surface area contributed by atoms with E-state index in [0.717, 1.165) is 31.4 Å². The van der Waals surface area contributed by atoms with Gasteiger partial charge in [0.1, 0.15) is 0 Å². The quantitative estimate of drug-likeness (QED) is 0.631. The number of nitrogens with zero attached hydrogens (tertiary/aromatic N) is 2. The second-order valence-corrected chi connectivity index (χ2v) is 5.61. The molecule has 5 nitrogen and oxygen atoms in total. The second-order valence-electron chi connectivity index (χ2n) is 5.61. The zero-order valence-electron chi connectivity index (χ0n) is 12.3. The fourth-order valence-electron chi connectivity index (χ4n) is 2.90. The lowest BCUT2D eigenvalue weighted by Crippen LogP contribution is -2.31. The topological polar surface area (TPSA) is 63.5 Å². The minimum absolute atomic E-state index is 0.140. The summed E-state index contributed by atoms with van der Waals surface area (Å²) in [4.78, 5) is 24.1. The van der Waals surface area contributed by atoms with E-state index in [1.807, 2.05) is 0 Å². The van der Waals surface area contributed by atoms with Gasteiger partial charge in [-0.25, -0.2) is 0 Å². The van der Waals surface area contributed by atoms with Crippen LogP contribution in [0.25, 0.3) is 0 Å². The maximum Gasteiger partial charge on any atom is 0.305 e. The average molecular weight is 294 g/mol. The molecular formula is C15H19FN2O3. The molecule has 0 aliphatic carbocycles. The highest BCUT2D eigenvalue weighted by molar-refractivity contribution is 5.95. The molecule has 0 aromatic heterocycles. The van der Waals surface area contributed by atoms with Crippen molar-refractivity contribution in [3.05, 3.63) is 39.7 Å². The molecule has 2 rings (SSSR count). The summed E-state index contributed by atoms with van der Waals surface area (Å²) in [6, 6.07) is 3.31. The Morgan fingerprint density at radius 3 is 2.62 bits per heavy atom. The van der Waals surface area contributed by atoms with Gasteiger partial charge in [-0.2, -0.15) is 4.39 Å². The smallest absolute Gasteiger partial charge is 0.305 e. The number of benzene rings is 1. The Labute approximate surface area is 122 Å². The van der Waals surface area contributed by atoms with Crippen LogP contribution >= 0.6 is 0 Å². The van der Waals surface area contributed by atoms with E-state index in [2.05, 4.69) is 13.8 Å². The molecule has 21 heavy (non-hydrogen) atoms. The molecule has 0 unspecified atom stereocenters. The van der Waals surface area contributed by atoms with Gasteiger partial charge < -0.3 is 4.90 Å². The molecule has 1 aromatic carbocycles. The van der Waals surface area contributed by atoms with Gasteiger partial charge in [0.15, 0.2) is 0 Å². The number of carbonyl (C=O) groups is 1. The third kappa shape index (κ3) is 2.89. The van der Waals surface area contributed by atoms with Crippen molar-refractivity contribution in [1.82, 2.24) is 4.90 Å². The molecule has 1 amide bonds. The molecule has 0 atom stereocenters. The van der Waals surface area contributed by atoms with Gasteiger partial charge in [-0.3, -0.25) is 14.9 Å². The molecule has 1 saturated heterocycles. The fraction of sp³-hybridized carbons (Fsp3) is 0.533. The van der Waals surface area contributed by atoms with Gasteiger partial charge in [0.2, 0.25) is 5.82 Å². The molecule has 0 N–H and O–H groups in total. The van der Waals surface area contributed by atoms with Crippen molar-refractivity contribution in [3.63, 3.8) is 0 Å². The number of carbonyl (C=O) groups excluding carboxylic acids is 1. The maximum atomic E-state index is 13.3. The number of hydrogen-bond donors (Lipinski definition) is 0. The van der Waals surface area contributed by atoms with Gasteiger partial charge in [-0.05, 0) is 36.8 Å². The van der Waals surface area contributed by atoms with Crippen molar-refractivity contribution in [3.8, 4) is 0 Å². The highest BCUT2D eigenvalue weighted by Crippen LogP contribution is 2.37. The largest absolute Gasteiger partial charge is 0.338 e. The van der Waals surface area contributed by atoms with E-state index in [9.17, 15) is 19.3 Å². The number of hydrogen-bond acceptors (Lipinski definition) is 3. The molecule has 6 heteroatoms. The van der Waals surface area contributed by atoms with Crippen molar-refractivity contribution in [1.29, 1.82) is 0 Å². The summed E-state index contributed by atoms with van der Waals surface area (Å²) in [5.74, 6) is -1.18. The van der Waals surface area contributed by atoms with Crippen LogP contribution in [0, 0.1) is 21.3 Å². The van der Waals surface area contributed by atoms with E-state index in [1.54, 1.807) is 4.90 Å². The summed E-state index contributed by atoms with van der Waals surface area (Å²) in [5, 5.41) is 10.8. The summed E-state index contributed by atoms with van der Waals surface area (Å²) in [6.07, 6.45) is 2.93. The van der Waals surface area contributed by atoms with Crippen molar-refractivity contribution < 1.29 is 14.1 Å². The highest BCUT2D eigenvalue weighted by atomic mass is 19.1. The number of halogens is 1. The van der Waals surface area contributed by atoms with Crippen LogP contribution in [-0.4, -0.2) is 28.8 Å². The van der Waals surface area contributed by atoms with Crippen LogP contribution in [0.2, 0.25) is 0 Å². The van der Waals surface area contributed by atoms with E-state index >= 15 is 0 Å². The molecule has 0 saturated carbocycles. The van der Waals surface area contributed by atoms with Crippen molar-refractivity contribution >= 4 is 11.6 Å². The minimum Gasteiger partial charge on any atom is -0.338 e. The van der Waals surface area contributed by atoms with Crippen LogP contribution in [0.5, 0.6) is 0 Å².